The van der Waals surface area contributed by atoms with E-state index in [0.29, 0.717) is 11.3 Å². The summed E-state index contributed by atoms with van der Waals surface area (Å²) in [5, 5.41) is 2.12. The van der Waals surface area contributed by atoms with E-state index >= 15 is 0 Å². The molecular weight excluding hydrogens is 344 g/mol. The number of aromatic amines is 1. The van der Waals surface area contributed by atoms with Gasteiger partial charge in [0.15, 0.2) is 0 Å². The fraction of sp³-hybridized carbons (Fsp3) is 0.0400. The first-order chi connectivity index (χ1) is 13.7. The van der Waals surface area contributed by atoms with Gasteiger partial charge in [0.1, 0.15) is 5.69 Å². The molecule has 0 saturated heterocycles. The normalized spacial score (nSPS) is 11.2. The molecule has 0 aliphatic carbocycles. The smallest absolute Gasteiger partial charge is 0.213 e. The van der Waals surface area contributed by atoms with Gasteiger partial charge in [0.05, 0.1) is 5.52 Å². The number of aromatic nitrogens is 2. The van der Waals surface area contributed by atoms with Crippen LogP contribution in [0.5, 0.6) is 0 Å². The third kappa shape index (κ3) is 2.69. The molecule has 5 rings (SSSR count). The molecule has 2 aromatic heterocycles. The molecule has 5 aromatic rings. The molecule has 0 saturated carbocycles. The predicted octanol–water partition coefficient (Wildman–Crippen LogP) is 5.92. The Bertz CT molecular complexity index is 1310. The van der Waals surface area contributed by atoms with Crippen molar-refractivity contribution in [2.24, 2.45) is 0 Å². The average Bonchev–Trinajstić information content (AvgIpc) is 3.13. The number of benzene rings is 3. The van der Waals surface area contributed by atoms with Crippen molar-refractivity contribution in [2.75, 3.05) is 0 Å². The summed E-state index contributed by atoms with van der Waals surface area (Å²) in [6.07, 6.45) is 1.70. The molecule has 1 N–H and O–H groups in total. The van der Waals surface area contributed by atoms with Gasteiger partial charge < -0.3 is 4.98 Å². The van der Waals surface area contributed by atoms with E-state index < -0.39 is 0 Å². The van der Waals surface area contributed by atoms with Crippen LogP contribution in [0.4, 0.5) is 0 Å². The first-order valence-corrected chi connectivity index (χ1v) is 9.28. The number of rotatable bonds is 3. The van der Waals surface area contributed by atoms with Crippen LogP contribution in [0, 0.1) is 6.92 Å². The van der Waals surface area contributed by atoms with Crippen molar-refractivity contribution in [1.29, 1.82) is 0 Å². The van der Waals surface area contributed by atoms with Gasteiger partial charge in [-0.25, -0.2) is 0 Å². The lowest BCUT2D eigenvalue weighted by molar-refractivity contribution is 0.103. The van der Waals surface area contributed by atoms with Gasteiger partial charge in [0.2, 0.25) is 5.78 Å². The Balaban J connectivity index is 1.55. The molecule has 0 bridgehead atoms. The highest BCUT2D eigenvalue weighted by Crippen LogP contribution is 2.28. The van der Waals surface area contributed by atoms with Crippen molar-refractivity contribution in [2.45, 2.75) is 6.92 Å². The first kappa shape index (κ1) is 16.5. The quantitative estimate of drug-likeness (QED) is 0.405. The zero-order chi connectivity index (χ0) is 19.1. The predicted molar refractivity (Wildman–Crippen MR) is 114 cm³/mol. The number of hydrogen-bond acceptors (Lipinski definition) is 2. The van der Waals surface area contributed by atoms with Crippen molar-refractivity contribution in [3.05, 3.63) is 102 Å². The number of H-pyrrole nitrogens is 1. The van der Waals surface area contributed by atoms with Crippen molar-refractivity contribution in [3.63, 3.8) is 0 Å². The topological polar surface area (TPSA) is 45.8 Å². The van der Waals surface area contributed by atoms with Crippen molar-refractivity contribution in [1.82, 2.24) is 9.97 Å². The second kappa shape index (κ2) is 6.46. The maximum Gasteiger partial charge on any atom is 0.213 e. The van der Waals surface area contributed by atoms with Crippen LogP contribution in [0.25, 0.3) is 32.9 Å². The molecule has 0 unspecified atom stereocenters. The molecule has 0 fully saturated rings. The van der Waals surface area contributed by atoms with Crippen molar-refractivity contribution in [3.8, 4) is 11.1 Å². The zero-order valence-corrected chi connectivity index (χ0v) is 15.4. The molecule has 0 aliphatic rings. The molecule has 0 radical (unpaired) electrons. The van der Waals surface area contributed by atoms with Gasteiger partial charge in [0.25, 0.3) is 0 Å². The summed E-state index contributed by atoms with van der Waals surface area (Å²) in [6.45, 7) is 2.07. The molecule has 28 heavy (non-hydrogen) atoms. The number of nitrogens with zero attached hydrogens (tertiary/aromatic N) is 1. The Morgan fingerprint density at radius 3 is 2.21 bits per heavy atom. The van der Waals surface area contributed by atoms with Gasteiger partial charge in [-0.15, -0.1) is 0 Å². The lowest BCUT2D eigenvalue weighted by Crippen LogP contribution is -2.04. The van der Waals surface area contributed by atoms with Crippen LogP contribution in [-0.4, -0.2) is 15.8 Å². The SMILES string of the molecule is Cc1ccc(-c2ccc(C(=O)c3nccc4c3[nH]c3ccccc34)cc2)cc1. The molecule has 2 heterocycles. The average molecular weight is 362 g/mol. The van der Waals surface area contributed by atoms with E-state index in [9.17, 15) is 4.79 Å². The third-order valence-electron chi connectivity index (χ3n) is 5.17. The van der Waals surface area contributed by atoms with Crippen LogP contribution < -0.4 is 0 Å². The Morgan fingerprint density at radius 1 is 0.786 bits per heavy atom. The highest BCUT2D eigenvalue weighted by atomic mass is 16.1. The summed E-state index contributed by atoms with van der Waals surface area (Å²) in [5.41, 5.74) is 6.35. The van der Waals surface area contributed by atoms with Gasteiger partial charge >= 0.3 is 0 Å². The lowest BCUT2D eigenvalue weighted by Gasteiger charge is -2.05. The lowest BCUT2D eigenvalue weighted by atomic mass is 10.00. The minimum absolute atomic E-state index is 0.0763. The van der Waals surface area contributed by atoms with Crippen molar-refractivity contribution < 1.29 is 4.79 Å². The van der Waals surface area contributed by atoms with Gasteiger partial charge in [-0.2, -0.15) is 0 Å². The second-order valence-electron chi connectivity index (χ2n) is 7.03. The molecule has 3 nitrogen and oxygen atoms in total. The number of para-hydroxylation sites is 1. The summed E-state index contributed by atoms with van der Waals surface area (Å²) in [7, 11) is 0. The fourth-order valence-electron chi connectivity index (χ4n) is 3.64. The van der Waals surface area contributed by atoms with Crippen LogP contribution in [-0.2, 0) is 0 Å². The van der Waals surface area contributed by atoms with Gasteiger partial charge in [-0.3, -0.25) is 9.78 Å². The first-order valence-electron chi connectivity index (χ1n) is 9.28. The van der Waals surface area contributed by atoms with E-state index in [1.807, 2.05) is 48.5 Å². The molecule has 134 valence electrons. The summed E-state index contributed by atoms with van der Waals surface area (Å²) in [6, 6.07) is 26.1. The van der Waals surface area contributed by atoms with E-state index in [0.717, 1.165) is 32.9 Å². The van der Waals surface area contributed by atoms with Crippen molar-refractivity contribution >= 4 is 27.6 Å². The number of nitrogens with one attached hydrogen (secondary N) is 1. The summed E-state index contributed by atoms with van der Waals surface area (Å²) < 4.78 is 0. The van der Waals surface area contributed by atoms with E-state index in [1.54, 1.807) is 6.20 Å². The number of pyridine rings is 1. The Kier molecular flexibility index (Phi) is 3.80. The highest BCUT2D eigenvalue weighted by Gasteiger charge is 2.17. The Morgan fingerprint density at radius 2 is 1.46 bits per heavy atom. The standard InChI is InChI=1S/C25H18N2O/c1-16-6-8-17(9-7-16)18-10-12-19(13-11-18)25(28)24-23-21(14-15-26-24)20-4-2-3-5-22(20)27-23/h2-15,27H,1H3. The molecule has 3 heteroatoms. The maximum atomic E-state index is 13.1. The summed E-state index contributed by atoms with van der Waals surface area (Å²) >= 11 is 0. The Hall–Kier alpha value is -3.72. The van der Waals surface area contributed by atoms with E-state index in [-0.39, 0.29) is 5.78 Å². The van der Waals surface area contributed by atoms with E-state index in [2.05, 4.69) is 47.2 Å². The number of hydrogen-bond donors (Lipinski definition) is 1. The van der Waals surface area contributed by atoms with Gasteiger partial charge in [0, 0.05) is 28.0 Å². The van der Waals surface area contributed by atoms with Gasteiger partial charge in [-0.05, 0) is 30.2 Å². The number of carbonyl (C=O) groups excluding carboxylic acids is 1. The van der Waals surface area contributed by atoms with E-state index in [4.69, 9.17) is 0 Å². The molecule has 0 amide bonds. The number of fused-ring (bicyclic) bond motifs is 3. The minimum atomic E-state index is -0.0763. The van der Waals surface area contributed by atoms with Crippen LogP contribution in [0.2, 0.25) is 0 Å². The molecule has 0 atom stereocenters. The van der Waals surface area contributed by atoms with Crippen LogP contribution >= 0.6 is 0 Å². The monoisotopic (exact) mass is 362 g/mol. The van der Waals surface area contributed by atoms with Crippen LogP contribution in [0.1, 0.15) is 21.6 Å². The summed E-state index contributed by atoms with van der Waals surface area (Å²) in [5.74, 6) is -0.0763. The Labute approximate surface area is 162 Å². The third-order valence-corrected chi connectivity index (χ3v) is 5.17. The minimum Gasteiger partial charge on any atom is -0.353 e. The largest absolute Gasteiger partial charge is 0.353 e. The van der Waals surface area contributed by atoms with E-state index in [1.165, 1.54) is 5.56 Å². The van der Waals surface area contributed by atoms with Crippen LogP contribution in [0.3, 0.4) is 0 Å². The highest BCUT2D eigenvalue weighted by molar-refractivity contribution is 6.18. The molecule has 3 aromatic carbocycles. The number of ketones is 1. The second-order valence-corrected chi connectivity index (χ2v) is 7.03. The molecule has 0 aliphatic heterocycles. The zero-order valence-electron chi connectivity index (χ0n) is 15.4. The number of carbonyl (C=O) groups is 1. The summed E-state index contributed by atoms with van der Waals surface area (Å²) in [4.78, 5) is 20.9. The van der Waals surface area contributed by atoms with Crippen LogP contribution in [0.15, 0.2) is 85.1 Å². The molecular formula is C25H18N2O. The van der Waals surface area contributed by atoms with Gasteiger partial charge in [-0.1, -0.05) is 72.3 Å². The maximum absolute atomic E-state index is 13.1. The fourth-order valence-corrected chi connectivity index (χ4v) is 3.64. The number of aryl methyl sites for hydroxylation is 1. The molecule has 0 spiro atoms.